The largest absolute Gasteiger partial charge is 0.390 e. The maximum absolute atomic E-state index is 11.3. The molecule has 0 spiro atoms. The molecule has 1 aromatic heterocycles. The van der Waals surface area contributed by atoms with Crippen LogP contribution in [0.25, 0.3) is 0 Å². The van der Waals surface area contributed by atoms with Gasteiger partial charge >= 0.3 is 0 Å². The third-order valence-electron chi connectivity index (χ3n) is 11.6. The minimum Gasteiger partial charge on any atom is -0.390 e. The SMILES string of the molecule is CCC[C@@]1(O)CC[C@@]2(COC)[C@H](CC[C@H]3[C@@H]4CC[C@H]([C@H](C)Cn5nnnc5C)[C@@]4(C)CC[C@@H]32)C1. The van der Waals surface area contributed by atoms with Crippen LogP contribution in [0.5, 0.6) is 0 Å². The molecule has 4 aliphatic rings. The van der Waals surface area contributed by atoms with E-state index in [4.69, 9.17) is 4.74 Å². The number of aryl methyl sites for hydroxylation is 1. The summed E-state index contributed by atoms with van der Waals surface area (Å²) >= 11 is 0. The van der Waals surface area contributed by atoms with Crippen molar-refractivity contribution in [2.24, 2.45) is 46.3 Å². The van der Waals surface area contributed by atoms with Gasteiger partial charge in [-0.2, -0.15) is 0 Å². The number of nitrogens with zero attached hydrogens (tertiary/aromatic N) is 4. The van der Waals surface area contributed by atoms with E-state index in [9.17, 15) is 5.11 Å². The maximum atomic E-state index is 11.3. The molecule has 6 nitrogen and oxygen atoms in total. The van der Waals surface area contributed by atoms with Gasteiger partial charge in [-0.25, -0.2) is 4.68 Å². The van der Waals surface area contributed by atoms with E-state index in [2.05, 4.69) is 36.3 Å². The number of hydrogen-bond donors (Lipinski definition) is 1. The molecule has 34 heavy (non-hydrogen) atoms. The summed E-state index contributed by atoms with van der Waals surface area (Å²) in [7, 11) is 1.91. The Morgan fingerprint density at radius 3 is 2.65 bits per heavy atom. The summed E-state index contributed by atoms with van der Waals surface area (Å²) in [5, 5.41) is 23.6. The van der Waals surface area contributed by atoms with Crippen LogP contribution in [0.15, 0.2) is 0 Å². The van der Waals surface area contributed by atoms with Crippen LogP contribution in [0, 0.1) is 53.3 Å². The van der Waals surface area contributed by atoms with Crippen LogP contribution in [0.3, 0.4) is 0 Å². The molecule has 1 N–H and O–H groups in total. The van der Waals surface area contributed by atoms with E-state index in [-0.39, 0.29) is 5.41 Å². The average molecular weight is 473 g/mol. The van der Waals surface area contributed by atoms with Gasteiger partial charge in [-0.3, -0.25) is 0 Å². The monoisotopic (exact) mass is 472 g/mol. The Kier molecular flexibility index (Phi) is 6.63. The van der Waals surface area contributed by atoms with Crippen molar-refractivity contribution < 1.29 is 9.84 Å². The Morgan fingerprint density at radius 1 is 1.12 bits per heavy atom. The second kappa shape index (κ2) is 9.14. The van der Waals surface area contributed by atoms with Gasteiger partial charge in [0.25, 0.3) is 0 Å². The lowest BCUT2D eigenvalue weighted by atomic mass is 9.43. The average Bonchev–Trinajstić information content (AvgIpc) is 3.36. The van der Waals surface area contributed by atoms with Gasteiger partial charge in [0.2, 0.25) is 0 Å². The van der Waals surface area contributed by atoms with E-state index in [1.807, 2.05) is 18.7 Å². The summed E-state index contributed by atoms with van der Waals surface area (Å²) in [6.45, 7) is 11.1. The molecule has 1 heterocycles. The van der Waals surface area contributed by atoms with E-state index >= 15 is 0 Å². The van der Waals surface area contributed by atoms with Gasteiger partial charge in [0.15, 0.2) is 0 Å². The Hall–Kier alpha value is -1.01. The number of hydrogen-bond acceptors (Lipinski definition) is 5. The van der Waals surface area contributed by atoms with Crippen molar-refractivity contribution in [3.63, 3.8) is 0 Å². The molecule has 0 bridgehead atoms. The van der Waals surface area contributed by atoms with Crippen molar-refractivity contribution in [1.29, 1.82) is 0 Å². The second-order valence-electron chi connectivity index (χ2n) is 13.1. The first-order valence-corrected chi connectivity index (χ1v) is 14.2. The fraction of sp³-hybridized carbons (Fsp3) is 0.964. The Morgan fingerprint density at radius 2 is 1.94 bits per heavy atom. The summed E-state index contributed by atoms with van der Waals surface area (Å²) in [5.41, 5.74) is 0.280. The molecule has 0 saturated heterocycles. The quantitative estimate of drug-likeness (QED) is 0.572. The normalized spacial score (nSPS) is 44.8. The fourth-order valence-electron chi connectivity index (χ4n) is 10.2. The van der Waals surface area contributed by atoms with E-state index in [0.29, 0.717) is 17.3 Å². The Balaban J connectivity index is 1.36. The van der Waals surface area contributed by atoms with Crippen LogP contribution in [0.4, 0.5) is 0 Å². The lowest BCUT2D eigenvalue weighted by Gasteiger charge is -2.63. The molecule has 5 rings (SSSR count). The molecule has 4 fully saturated rings. The van der Waals surface area contributed by atoms with E-state index < -0.39 is 5.60 Å². The predicted octanol–water partition coefficient (Wildman–Crippen LogP) is 5.43. The molecule has 0 radical (unpaired) electrons. The van der Waals surface area contributed by atoms with Gasteiger partial charge in [0.1, 0.15) is 5.82 Å². The smallest absolute Gasteiger partial charge is 0.148 e. The van der Waals surface area contributed by atoms with Crippen LogP contribution in [0.1, 0.15) is 97.2 Å². The van der Waals surface area contributed by atoms with Gasteiger partial charge in [-0.15, -0.1) is 5.10 Å². The molecule has 4 saturated carbocycles. The molecule has 4 aliphatic carbocycles. The number of aromatic nitrogens is 4. The van der Waals surface area contributed by atoms with Crippen LogP contribution in [-0.4, -0.2) is 44.6 Å². The summed E-state index contributed by atoms with van der Waals surface area (Å²) in [5.74, 6) is 5.33. The van der Waals surface area contributed by atoms with Gasteiger partial charge in [-0.1, -0.05) is 27.2 Å². The number of tetrazole rings is 1. The van der Waals surface area contributed by atoms with Crippen molar-refractivity contribution in [3.05, 3.63) is 5.82 Å². The Labute approximate surface area is 206 Å². The first-order valence-electron chi connectivity index (χ1n) is 14.2. The number of methoxy groups -OCH3 is 1. The topological polar surface area (TPSA) is 73.1 Å². The third-order valence-corrected chi connectivity index (χ3v) is 11.6. The van der Waals surface area contributed by atoms with Crippen molar-refractivity contribution in [3.8, 4) is 0 Å². The molecule has 0 unspecified atom stereocenters. The minimum absolute atomic E-state index is 0.284. The Bertz CT molecular complexity index is 859. The van der Waals surface area contributed by atoms with Crippen molar-refractivity contribution in [2.75, 3.05) is 13.7 Å². The first kappa shape index (κ1) is 24.7. The predicted molar refractivity (Wildman–Crippen MR) is 133 cm³/mol. The second-order valence-corrected chi connectivity index (χ2v) is 13.1. The maximum Gasteiger partial charge on any atom is 0.148 e. The molecule has 6 heteroatoms. The van der Waals surface area contributed by atoms with Gasteiger partial charge in [0.05, 0.1) is 12.2 Å². The van der Waals surface area contributed by atoms with E-state index in [1.54, 1.807) is 0 Å². The minimum atomic E-state index is -0.436. The summed E-state index contributed by atoms with van der Waals surface area (Å²) in [6, 6.07) is 0. The zero-order valence-electron chi connectivity index (χ0n) is 22.3. The highest BCUT2D eigenvalue weighted by molar-refractivity contribution is 5.12. The lowest BCUT2D eigenvalue weighted by molar-refractivity contribution is -0.180. The lowest BCUT2D eigenvalue weighted by Crippen LogP contribution is -2.58. The number of aliphatic hydroxyl groups is 1. The molecular formula is C28H48N4O2. The van der Waals surface area contributed by atoms with Gasteiger partial charge < -0.3 is 9.84 Å². The van der Waals surface area contributed by atoms with Gasteiger partial charge in [0, 0.05) is 13.7 Å². The molecular weight excluding hydrogens is 424 g/mol. The first-order chi connectivity index (χ1) is 16.3. The zero-order valence-corrected chi connectivity index (χ0v) is 22.3. The highest BCUT2D eigenvalue weighted by Crippen LogP contribution is 2.69. The fourth-order valence-corrected chi connectivity index (χ4v) is 10.2. The van der Waals surface area contributed by atoms with Crippen LogP contribution >= 0.6 is 0 Å². The van der Waals surface area contributed by atoms with E-state index in [1.165, 1.54) is 38.5 Å². The summed E-state index contributed by atoms with van der Waals surface area (Å²) in [4.78, 5) is 0. The van der Waals surface area contributed by atoms with Crippen molar-refractivity contribution in [2.45, 2.75) is 110 Å². The van der Waals surface area contributed by atoms with Crippen LogP contribution in [0.2, 0.25) is 0 Å². The molecule has 0 amide bonds. The number of ether oxygens (including phenoxy) is 1. The molecule has 9 atom stereocenters. The van der Waals surface area contributed by atoms with Crippen molar-refractivity contribution in [1.82, 2.24) is 20.2 Å². The number of fused-ring (bicyclic) bond motifs is 5. The highest BCUT2D eigenvalue weighted by atomic mass is 16.5. The van der Waals surface area contributed by atoms with Crippen LogP contribution < -0.4 is 0 Å². The molecule has 0 aliphatic heterocycles. The summed E-state index contributed by atoms with van der Waals surface area (Å²) in [6.07, 6.45) is 13.2. The highest BCUT2D eigenvalue weighted by Gasteiger charge is 2.63. The van der Waals surface area contributed by atoms with E-state index in [0.717, 1.165) is 74.8 Å². The van der Waals surface area contributed by atoms with Gasteiger partial charge in [-0.05, 0) is 128 Å². The summed E-state index contributed by atoms with van der Waals surface area (Å²) < 4.78 is 7.99. The standard InChI is InChI=1S/C28H48N4O2/c1-6-12-27(33)14-15-28(18-34-5)21(16-27)7-8-22-24-10-9-23(26(24,4)13-11-25(22)28)19(2)17-32-20(3)29-30-31-32/h19,21-25,33H,6-18H2,1-5H3/t19-,21-,22+,23-,24+,25+,26-,27-,28-/m1/s1. The molecule has 192 valence electrons. The molecule has 1 aromatic rings. The van der Waals surface area contributed by atoms with Crippen LogP contribution in [-0.2, 0) is 11.3 Å². The molecule has 0 aromatic carbocycles. The van der Waals surface area contributed by atoms with Crippen molar-refractivity contribution >= 4 is 0 Å². The number of rotatable bonds is 7. The third kappa shape index (κ3) is 3.86. The zero-order chi connectivity index (χ0) is 24.1.